The smallest absolute Gasteiger partial charge is 0.321 e. The molecule has 140 valence electrons. The van der Waals surface area contributed by atoms with Gasteiger partial charge in [0.15, 0.2) is 0 Å². The van der Waals surface area contributed by atoms with Crippen LogP contribution in [0.1, 0.15) is 22.3 Å². The molecule has 0 unspecified atom stereocenters. The van der Waals surface area contributed by atoms with Crippen molar-refractivity contribution < 1.29 is 9.59 Å². The summed E-state index contributed by atoms with van der Waals surface area (Å²) in [5.74, 6) is 0. The molecule has 4 rings (SSSR count). The van der Waals surface area contributed by atoms with E-state index in [1.54, 1.807) is 9.80 Å². The van der Waals surface area contributed by atoms with E-state index in [1.165, 1.54) is 11.1 Å². The van der Waals surface area contributed by atoms with Crippen molar-refractivity contribution in [2.45, 2.75) is 20.3 Å². The van der Waals surface area contributed by atoms with Gasteiger partial charge in [0.1, 0.15) is 0 Å². The summed E-state index contributed by atoms with van der Waals surface area (Å²) in [4.78, 5) is 27.3. The molecule has 27 heavy (non-hydrogen) atoms. The number of anilines is 2. The van der Waals surface area contributed by atoms with Crippen LogP contribution in [-0.4, -0.2) is 48.0 Å². The van der Waals surface area contributed by atoms with Crippen molar-refractivity contribution in [3.63, 3.8) is 0 Å². The molecular formula is C21H24N4O2. The summed E-state index contributed by atoms with van der Waals surface area (Å²) < 4.78 is 0. The molecule has 2 aromatic carbocycles. The molecule has 0 saturated carbocycles. The van der Waals surface area contributed by atoms with Crippen molar-refractivity contribution >= 4 is 23.4 Å². The Labute approximate surface area is 159 Å². The molecule has 6 heteroatoms. The van der Waals surface area contributed by atoms with E-state index in [9.17, 15) is 9.59 Å². The number of carbonyl (C=O) groups is 2. The Bertz CT molecular complexity index is 828. The monoisotopic (exact) mass is 364 g/mol. The number of nitrogens with zero attached hydrogens (tertiary/aromatic N) is 2. The summed E-state index contributed by atoms with van der Waals surface area (Å²) in [6.45, 7) is 7.40. The van der Waals surface area contributed by atoms with Crippen LogP contribution in [0, 0.1) is 13.8 Å². The third kappa shape index (κ3) is 4.22. The van der Waals surface area contributed by atoms with Gasteiger partial charge in [-0.05, 0) is 54.7 Å². The van der Waals surface area contributed by atoms with Crippen LogP contribution in [0.2, 0.25) is 0 Å². The van der Waals surface area contributed by atoms with E-state index < -0.39 is 0 Å². The highest BCUT2D eigenvalue weighted by atomic mass is 16.2. The van der Waals surface area contributed by atoms with Crippen LogP contribution in [0.4, 0.5) is 21.0 Å². The van der Waals surface area contributed by atoms with Gasteiger partial charge in [0.2, 0.25) is 0 Å². The second-order valence-electron chi connectivity index (χ2n) is 7.31. The van der Waals surface area contributed by atoms with E-state index in [-0.39, 0.29) is 12.1 Å². The molecule has 2 aromatic rings. The molecule has 2 heterocycles. The summed E-state index contributed by atoms with van der Waals surface area (Å²) in [6.07, 6.45) is 0.808. The SMILES string of the molecule is Cc1cc(Cc2ccc(NC(=O)N3CC3)c(C)c2)ccc1NC(=O)N1CC1. The Balaban J connectivity index is 1.42. The van der Waals surface area contributed by atoms with Gasteiger partial charge in [-0.15, -0.1) is 0 Å². The van der Waals surface area contributed by atoms with E-state index in [0.29, 0.717) is 0 Å². The lowest BCUT2D eigenvalue weighted by atomic mass is 10.00. The summed E-state index contributed by atoms with van der Waals surface area (Å²) >= 11 is 0. The first-order valence-corrected chi connectivity index (χ1v) is 9.30. The van der Waals surface area contributed by atoms with E-state index >= 15 is 0 Å². The fourth-order valence-electron chi connectivity index (χ4n) is 3.08. The van der Waals surface area contributed by atoms with E-state index in [0.717, 1.165) is 55.1 Å². The quantitative estimate of drug-likeness (QED) is 0.815. The molecule has 2 aliphatic heterocycles. The number of urea groups is 2. The predicted molar refractivity (Wildman–Crippen MR) is 106 cm³/mol. The fraction of sp³-hybridized carbons (Fsp3) is 0.333. The van der Waals surface area contributed by atoms with Gasteiger partial charge in [0, 0.05) is 37.6 Å². The first-order valence-electron chi connectivity index (χ1n) is 9.30. The molecule has 0 spiro atoms. The molecule has 0 atom stereocenters. The van der Waals surface area contributed by atoms with Crippen LogP contribution < -0.4 is 10.6 Å². The molecule has 2 N–H and O–H groups in total. The number of rotatable bonds is 4. The minimum atomic E-state index is -0.0263. The third-order valence-electron chi connectivity index (χ3n) is 4.94. The van der Waals surface area contributed by atoms with Gasteiger partial charge in [0.25, 0.3) is 0 Å². The summed E-state index contributed by atoms with van der Waals surface area (Å²) in [5, 5.41) is 5.91. The standard InChI is InChI=1S/C21H24N4O2/c1-14-11-16(3-5-18(14)22-20(26)24-7-8-24)13-17-4-6-19(15(2)12-17)23-21(27)25-9-10-25/h3-6,11-12H,7-10,13H2,1-2H3,(H,22,26)(H,23,27). The highest BCUT2D eigenvalue weighted by Gasteiger charge is 2.25. The number of hydrogen-bond donors (Lipinski definition) is 2. The van der Waals surface area contributed by atoms with E-state index in [4.69, 9.17) is 0 Å². The number of amides is 4. The van der Waals surface area contributed by atoms with Gasteiger partial charge < -0.3 is 20.4 Å². The van der Waals surface area contributed by atoms with Gasteiger partial charge in [-0.25, -0.2) is 9.59 Å². The Kier molecular flexibility index (Phi) is 4.48. The molecule has 2 aliphatic rings. The number of aryl methyl sites for hydroxylation is 2. The van der Waals surface area contributed by atoms with Gasteiger partial charge in [-0.3, -0.25) is 0 Å². The first kappa shape index (κ1) is 17.4. The minimum Gasteiger partial charge on any atom is -0.321 e. The lowest BCUT2D eigenvalue weighted by Crippen LogP contribution is -2.19. The average Bonchev–Trinajstić information content (AvgIpc) is 3.51. The molecular weight excluding hydrogens is 340 g/mol. The van der Waals surface area contributed by atoms with Crippen molar-refractivity contribution in [3.8, 4) is 0 Å². The van der Waals surface area contributed by atoms with Gasteiger partial charge in [0.05, 0.1) is 0 Å². The highest BCUT2D eigenvalue weighted by molar-refractivity contribution is 5.92. The normalized spacial score (nSPS) is 14.7. The molecule has 0 bridgehead atoms. The zero-order valence-electron chi connectivity index (χ0n) is 15.7. The lowest BCUT2D eigenvalue weighted by molar-refractivity contribution is 0.241. The Morgan fingerprint density at radius 3 is 1.52 bits per heavy atom. The summed E-state index contributed by atoms with van der Waals surface area (Å²) in [5.41, 5.74) is 6.22. The molecule has 0 aliphatic carbocycles. The summed E-state index contributed by atoms with van der Waals surface area (Å²) in [6, 6.07) is 12.2. The van der Waals surface area contributed by atoms with Gasteiger partial charge in [-0.1, -0.05) is 24.3 Å². The van der Waals surface area contributed by atoms with E-state index in [2.05, 4.69) is 34.9 Å². The highest BCUT2D eigenvalue weighted by Crippen LogP contribution is 2.23. The van der Waals surface area contributed by atoms with Crippen molar-refractivity contribution in [3.05, 3.63) is 58.7 Å². The van der Waals surface area contributed by atoms with Crippen LogP contribution in [0.3, 0.4) is 0 Å². The lowest BCUT2D eigenvalue weighted by Gasteiger charge is -2.12. The van der Waals surface area contributed by atoms with Crippen LogP contribution in [0.15, 0.2) is 36.4 Å². The molecule has 2 fully saturated rings. The molecule has 6 nitrogen and oxygen atoms in total. The molecule has 4 amide bonds. The fourth-order valence-corrected chi connectivity index (χ4v) is 3.08. The number of hydrogen-bond acceptors (Lipinski definition) is 2. The van der Waals surface area contributed by atoms with Crippen LogP contribution in [-0.2, 0) is 6.42 Å². The second-order valence-corrected chi connectivity index (χ2v) is 7.31. The molecule has 0 aromatic heterocycles. The van der Waals surface area contributed by atoms with Crippen molar-refractivity contribution in [2.24, 2.45) is 0 Å². The zero-order valence-corrected chi connectivity index (χ0v) is 15.7. The van der Waals surface area contributed by atoms with Crippen LogP contribution in [0.25, 0.3) is 0 Å². The maximum absolute atomic E-state index is 11.9. The Hall–Kier alpha value is -3.02. The van der Waals surface area contributed by atoms with Crippen LogP contribution >= 0.6 is 0 Å². The maximum atomic E-state index is 11.9. The second kappa shape index (κ2) is 6.95. The van der Waals surface area contributed by atoms with Gasteiger partial charge in [-0.2, -0.15) is 0 Å². The zero-order chi connectivity index (χ0) is 19.0. The first-order chi connectivity index (χ1) is 13.0. The van der Waals surface area contributed by atoms with Crippen molar-refractivity contribution in [2.75, 3.05) is 36.8 Å². The average molecular weight is 364 g/mol. The summed E-state index contributed by atoms with van der Waals surface area (Å²) in [7, 11) is 0. The Morgan fingerprint density at radius 1 is 0.778 bits per heavy atom. The predicted octanol–water partition coefficient (Wildman–Crippen LogP) is 3.59. The molecule has 0 radical (unpaired) electrons. The maximum Gasteiger partial charge on any atom is 0.321 e. The van der Waals surface area contributed by atoms with Crippen LogP contribution in [0.5, 0.6) is 0 Å². The third-order valence-corrected chi connectivity index (χ3v) is 4.94. The largest absolute Gasteiger partial charge is 0.321 e. The van der Waals surface area contributed by atoms with Crippen molar-refractivity contribution in [1.29, 1.82) is 0 Å². The van der Waals surface area contributed by atoms with Crippen molar-refractivity contribution in [1.82, 2.24) is 9.80 Å². The number of nitrogens with one attached hydrogen (secondary N) is 2. The number of carbonyl (C=O) groups excluding carboxylic acids is 2. The van der Waals surface area contributed by atoms with E-state index in [1.807, 2.05) is 26.0 Å². The molecule has 2 saturated heterocycles. The number of benzene rings is 2. The van der Waals surface area contributed by atoms with Gasteiger partial charge >= 0.3 is 12.1 Å². The topological polar surface area (TPSA) is 64.2 Å². The Morgan fingerprint density at radius 2 is 1.19 bits per heavy atom. The minimum absolute atomic E-state index is 0.0263.